The second kappa shape index (κ2) is 5.94. The first-order valence-electron chi connectivity index (χ1n) is 6.05. The molecule has 0 radical (unpaired) electrons. The van der Waals surface area contributed by atoms with E-state index in [2.05, 4.69) is 33.1 Å². The SMILES string of the molecule is CC1CN(Cc2ccc(F)c(Br)c2)CCCN1. The summed E-state index contributed by atoms with van der Waals surface area (Å²) in [4.78, 5) is 2.42. The molecule has 1 aromatic rings. The van der Waals surface area contributed by atoms with Crippen molar-refractivity contribution in [2.45, 2.75) is 25.9 Å². The summed E-state index contributed by atoms with van der Waals surface area (Å²) >= 11 is 3.23. The van der Waals surface area contributed by atoms with Crippen LogP contribution in [0.5, 0.6) is 0 Å². The topological polar surface area (TPSA) is 15.3 Å². The van der Waals surface area contributed by atoms with Crippen molar-refractivity contribution >= 4 is 15.9 Å². The first kappa shape index (κ1) is 13.0. The van der Waals surface area contributed by atoms with Gasteiger partial charge in [0, 0.05) is 19.1 Å². The highest BCUT2D eigenvalue weighted by atomic mass is 79.9. The predicted molar refractivity (Wildman–Crippen MR) is 71.5 cm³/mol. The molecule has 17 heavy (non-hydrogen) atoms. The Balaban J connectivity index is 2.01. The number of nitrogens with one attached hydrogen (secondary N) is 1. The molecule has 0 aliphatic carbocycles. The van der Waals surface area contributed by atoms with Crippen LogP contribution in [0.3, 0.4) is 0 Å². The second-order valence-electron chi connectivity index (χ2n) is 4.69. The monoisotopic (exact) mass is 300 g/mol. The zero-order valence-electron chi connectivity index (χ0n) is 10.0. The molecule has 1 aliphatic heterocycles. The van der Waals surface area contributed by atoms with Gasteiger partial charge in [-0.25, -0.2) is 4.39 Å². The Hall–Kier alpha value is -0.450. The summed E-state index contributed by atoms with van der Waals surface area (Å²) in [5, 5.41) is 3.47. The quantitative estimate of drug-likeness (QED) is 0.903. The number of nitrogens with zero attached hydrogens (tertiary/aromatic N) is 1. The molecule has 1 saturated heterocycles. The molecular weight excluding hydrogens is 283 g/mol. The predicted octanol–water partition coefficient (Wildman–Crippen LogP) is 2.77. The van der Waals surface area contributed by atoms with Gasteiger partial charge in [-0.15, -0.1) is 0 Å². The minimum Gasteiger partial charge on any atom is -0.313 e. The van der Waals surface area contributed by atoms with Crippen LogP contribution in [-0.4, -0.2) is 30.6 Å². The highest BCUT2D eigenvalue weighted by Crippen LogP contribution is 2.18. The Morgan fingerprint density at radius 2 is 2.35 bits per heavy atom. The maximum Gasteiger partial charge on any atom is 0.137 e. The molecule has 0 bridgehead atoms. The van der Waals surface area contributed by atoms with Crippen molar-refractivity contribution < 1.29 is 4.39 Å². The Labute approximate surface area is 110 Å². The molecule has 0 amide bonds. The van der Waals surface area contributed by atoms with Crippen LogP contribution >= 0.6 is 15.9 Å². The van der Waals surface area contributed by atoms with Crippen LogP contribution in [-0.2, 0) is 6.54 Å². The van der Waals surface area contributed by atoms with Crippen LogP contribution in [0.15, 0.2) is 22.7 Å². The lowest BCUT2D eigenvalue weighted by atomic mass is 10.2. The molecule has 1 N–H and O–H groups in total. The van der Waals surface area contributed by atoms with Crippen molar-refractivity contribution in [3.8, 4) is 0 Å². The van der Waals surface area contributed by atoms with Gasteiger partial charge >= 0.3 is 0 Å². The van der Waals surface area contributed by atoms with Gasteiger partial charge < -0.3 is 5.32 Å². The lowest BCUT2D eigenvalue weighted by molar-refractivity contribution is 0.264. The van der Waals surface area contributed by atoms with E-state index in [1.807, 2.05) is 12.1 Å². The van der Waals surface area contributed by atoms with E-state index in [0.717, 1.165) is 31.7 Å². The Bertz CT molecular complexity index is 384. The van der Waals surface area contributed by atoms with Gasteiger partial charge in [0.2, 0.25) is 0 Å². The summed E-state index contributed by atoms with van der Waals surface area (Å²) in [6, 6.07) is 5.79. The lowest BCUT2D eigenvalue weighted by Crippen LogP contribution is -2.34. The van der Waals surface area contributed by atoms with Gasteiger partial charge in [0.25, 0.3) is 0 Å². The minimum atomic E-state index is -0.195. The van der Waals surface area contributed by atoms with Gasteiger partial charge in [-0.1, -0.05) is 6.07 Å². The van der Waals surface area contributed by atoms with Gasteiger partial charge in [0.05, 0.1) is 4.47 Å². The van der Waals surface area contributed by atoms with Gasteiger partial charge in [-0.3, -0.25) is 4.90 Å². The van der Waals surface area contributed by atoms with Crippen molar-refractivity contribution in [2.24, 2.45) is 0 Å². The van der Waals surface area contributed by atoms with Crippen LogP contribution in [0.4, 0.5) is 4.39 Å². The third kappa shape index (κ3) is 3.76. The summed E-state index contributed by atoms with van der Waals surface area (Å²) in [7, 11) is 0. The van der Waals surface area contributed by atoms with Crippen molar-refractivity contribution in [1.29, 1.82) is 0 Å². The molecule has 1 unspecified atom stereocenters. The molecular formula is C13H18BrFN2. The summed E-state index contributed by atoms with van der Waals surface area (Å²) in [5.41, 5.74) is 1.16. The molecule has 0 saturated carbocycles. The highest BCUT2D eigenvalue weighted by Gasteiger charge is 2.14. The van der Waals surface area contributed by atoms with Crippen molar-refractivity contribution in [2.75, 3.05) is 19.6 Å². The van der Waals surface area contributed by atoms with Crippen molar-refractivity contribution in [3.63, 3.8) is 0 Å². The molecule has 4 heteroatoms. The zero-order chi connectivity index (χ0) is 12.3. The zero-order valence-corrected chi connectivity index (χ0v) is 11.6. The van der Waals surface area contributed by atoms with Gasteiger partial charge in [-0.2, -0.15) is 0 Å². The molecule has 1 aliphatic rings. The van der Waals surface area contributed by atoms with E-state index in [1.165, 1.54) is 12.5 Å². The molecule has 0 aromatic heterocycles. The normalized spacial score (nSPS) is 22.4. The highest BCUT2D eigenvalue weighted by molar-refractivity contribution is 9.10. The number of benzene rings is 1. The number of hydrogen-bond donors (Lipinski definition) is 1. The maximum atomic E-state index is 13.1. The van der Waals surface area contributed by atoms with Gasteiger partial charge in [0.1, 0.15) is 5.82 Å². The summed E-state index contributed by atoms with van der Waals surface area (Å²) < 4.78 is 13.7. The third-order valence-corrected chi connectivity index (χ3v) is 3.67. The molecule has 1 aromatic carbocycles. The second-order valence-corrected chi connectivity index (χ2v) is 5.55. The fraction of sp³-hybridized carbons (Fsp3) is 0.538. The number of hydrogen-bond acceptors (Lipinski definition) is 2. The molecule has 0 spiro atoms. The average molecular weight is 301 g/mol. The fourth-order valence-electron chi connectivity index (χ4n) is 2.23. The van der Waals surface area contributed by atoms with E-state index in [1.54, 1.807) is 0 Å². The molecule has 94 valence electrons. The first-order valence-corrected chi connectivity index (χ1v) is 6.84. The van der Waals surface area contributed by atoms with Gasteiger partial charge in [-0.05, 0) is 60.1 Å². The van der Waals surface area contributed by atoms with Crippen molar-refractivity contribution in [1.82, 2.24) is 10.2 Å². The Kier molecular flexibility index (Phi) is 4.54. The Morgan fingerprint density at radius 3 is 3.12 bits per heavy atom. The van der Waals surface area contributed by atoms with E-state index in [4.69, 9.17) is 0 Å². The van der Waals surface area contributed by atoms with Crippen LogP contribution < -0.4 is 5.32 Å². The largest absolute Gasteiger partial charge is 0.313 e. The van der Waals surface area contributed by atoms with Gasteiger partial charge in [0.15, 0.2) is 0 Å². The summed E-state index contributed by atoms with van der Waals surface area (Å²) in [5.74, 6) is -0.195. The van der Waals surface area contributed by atoms with E-state index >= 15 is 0 Å². The molecule has 1 heterocycles. The standard InChI is InChI=1S/C13H18BrFN2/c1-10-8-17(6-2-5-16-10)9-11-3-4-13(15)12(14)7-11/h3-4,7,10,16H,2,5-6,8-9H2,1H3. The fourth-order valence-corrected chi connectivity index (χ4v) is 2.66. The van der Waals surface area contributed by atoms with Crippen LogP contribution in [0.25, 0.3) is 0 Å². The smallest absolute Gasteiger partial charge is 0.137 e. The van der Waals surface area contributed by atoms with E-state index in [-0.39, 0.29) is 5.82 Å². The van der Waals surface area contributed by atoms with E-state index in [9.17, 15) is 4.39 Å². The molecule has 2 nitrogen and oxygen atoms in total. The molecule has 2 rings (SSSR count). The number of halogens is 2. The Morgan fingerprint density at radius 1 is 1.53 bits per heavy atom. The maximum absolute atomic E-state index is 13.1. The number of rotatable bonds is 2. The third-order valence-electron chi connectivity index (χ3n) is 3.07. The van der Waals surface area contributed by atoms with Crippen LogP contribution in [0, 0.1) is 5.82 Å². The lowest BCUT2D eigenvalue weighted by Gasteiger charge is -2.22. The van der Waals surface area contributed by atoms with E-state index < -0.39 is 0 Å². The first-order chi connectivity index (χ1) is 8.15. The summed E-state index contributed by atoms with van der Waals surface area (Å²) in [6.45, 7) is 6.34. The van der Waals surface area contributed by atoms with E-state index in [0.29, 0.717) is 10.5 Å². The average Bonchev–Trinajstić information content (AvgIpc) is 2.48. The summed E-state index contributed by atoms with van der Waals surface area (Å²) in [6.07, 6.45) is 1.17. The van der Waals surface area contributed by atoms with Crippen LogP contribution in [0.1, 0.15) is 18.9 Å². The molecule has 1 fully saturated rings. The minimum absolute atomic E-state index is 0.195. The van der Waals surface area contributed by atoms with Crippen molar-refractivity contribution in [3.05, 3.63) is 34.1 Å². The molecule has 1 atom stereocenters. The van der Waals surface area contributed by atoms with Crippen LogP contribution in [0.2, 0.25) is 0 Å².